The summed E-state index contributed by atoms with van der Waals surface area (Å²) in [6.45, 7) is 5.77. The van der Waals surface area contributed by atoms with E-state index in [0.717, 1.165) is 21.2 Å². The predicted molar refractivity (Wildman–Crippen MR) is 167 cm³/mol. The van der Waals surface area contributed by atoms with Crippen molar-refractivity contribution in [1.29, 1.82) is 0 Å². The Morgan fingerprint density at radius 3 is 2.51 bits per heavy atom. The lowest BCUT2D eigenvalue weighted by atomic mass is 9.99. The summed E-state index contributed by atoms with van der Waals surface area (Å²) >= 11 is 3.43. The molecule has 1 heterocycles. The number of amides is 1. The highest BCUT2D eigenvalue weighted by Gasteiger charge is 2.34. The van der Waals surface area contributed by atoms with Crippen molar-refractivity contribution >= 4 is 37.6 Å². The Balaban J connectivity index is 1.59. The van der Waals surface area contributed by atoms with Crippen molar-refractivity contribution in [2.45, 2.75) is 45.8 Å². The third kappa shape index (κ3) is 7.62. The molecule has 0 saturated heterocycles. The normalized spacial score (nSPS) is 16.4. The summed E-state index contributed by atoms with van der Waals surface area (Å²) < 4.78 is 30.1. The van der Waals surface area contributed by atoms with Gasteiger partial charge in [-0.3, -0.25) is 4.79 Å². The summed E-state index contributed by atoms with van der Waals surface area (Å²) in [6, 6.07) is 14.2. The molecule has 218 valence electrons. The minimum atomic E-state index is -3.93. The Morgan fingerprint density at radius 1 is 1.12 bits per heavy atom. The molecule has 41 heavy (non-hydrogen) atoms. The number of nitrogens with zero attached hydrogens (tertiary/aromatic N) is 2. The van der Waals surface area contributed by atoms with Crippen LogP contribution in [0.15, 0.2) is 92.5 Å². The SMILES string of the molecule is CNC1=CC2=CC=C(S(=O)(=O)N(CC(C)C)CC(O)C(Cc3ccccc3)NC(=O)c3ccc(Br)cc3C)CC2=N1. The fourth-order valence-corrected chi connectivity index (χ4v) is 7.14. The second-order valence-corrected chi connectivity index (χ2v) is 13.7. The smallest absolute Gasteiger partial charge is 0.251 e. The molecule has 2 aromatic rings. The first-order chi connectivity index (χ1) is 19.5. The first kappa shape index (κ1) is 30.9. The number of sulfonamides is 1. The van der Waals surface area contributed by atoms with Crippen LogP contribution in [0.1, 0.15) is 41.8 Å². The summed E-state index contributed by atoms with van der Waals surface area (Å²) in [4.78, 5) is 18.1. The number of allylic oxidation sites excluding steroid dienone is 5. The van der Waals surface area contributed by atoms with Crippen LogP contribution in [0.5, 0.6) is 0 Å². The maximum Gasteiger partial charge on any atom is 0.251 e. The van der Waals surface area contributed by atoms with Crippen molar-refractivity contribution in [3.63, 3.8) is 0 Å². The minimum absolute atomic E-state index is 0.0150. The summed E-state index contributed by atoms with van der Waals surface area (Å²) in [5.74, 6) is 0.377. The highest BCUT2D eigenvalue weighted by atomic mass is 79.9. The standard InChI is InChI=1S/C31H37BrN4O4S/c1-20(2)18-36(41(39,40)25-12-10-23-16-30(33-4)34-27(23)17-25)19-29(37)28(15-22-8-6-5-7-9-22)35-31(38)26-13-11-24(32)14-21(26)3/h5-14,16,20,28-29,33,37H,15,17-19H2,1-4H3,(H,35,38). The van der Waals surface area contributed by atoms with Crippen LogP contribution in [-0.2, 0) is 16.4 Å². The van der Waals surface area contributed by atoms with E-state index in [1.807, 2.05) is 63.2 Å². The van der Waals surface area contributed by atoms with Gasteiger partial charge in [-0.2, -0.15) is 4.31 Å². The first-order valence-corrected chi connectivity index (χ1v) is 15.9. The van der Waals surface area contributed by atoms with Crippen LogP contribution >= 0.6 is 15.9 Å². The fourth-order valence-electron chi connectivity index (χ4n) is 4.93. The van der Waals surface area contributed by atoms with E-state index in [1.165, 1.54) is 4.31 Å². The number of fused-ring (bicyclic) bond motifs is 1. The zero-order chi connectivity index (χ0) is 29.7. The number of nitrogens with one attached hydrogen (secondary N) is 2. The Labute approximate surface area is 251 Å². The predicted octanol–water partition coefficient (Wildman–Crippen LogP) is 4.48. The molecule has 0 aromatic heterocycles. The number of halogens is 1. The number of hydrogen-bond donors (Lipinski definition) is 3. The van der Waals surface area contributed by atoms with Crippen LogP contribution in [0.3, 0.4) is 0 Å². The number of carbonyl (C=O) groups excluding carboxylic acids is 1. The molecular weight excluding hydrogens is 604 g/mol. The molecule has 0 radical (unpaired) electrons. The van der Waals surface area contributed by atoms with Gasteiger partial charge < -0.3 is 15.7 Å². The number of hydrogen-bond acceptors (Lipinski definition) is 6. The average molecular weight is 642 g/mol. The Kier molecular flexibility index (Phi) is 10.0. The second-order valence-electron chi connectivity index (χ2n) is 10.8. The number of aliphatic hydroxyl groups excluding tert-OH is 1. The fraction of sp³-hybridized carbons (Fsp3) is 0.355. The van der Waals surface area contributed by atoms with Gasteiger partial charge in [-0.25, -0.2) is 13.4 Å². The molecule has 4 rings (SSSR count). The molecule has 2 unspecified atom stereocenters. The number of carbonyl (C=O) groups is 1. The molecule has 0 spiro atoms. The zero-order valence-electron chi connectivity index (χ0n) is 23.8. The number of aliphatic hydroxyl groups is 1. The van der Waals surface area contributed by atoms with Gasteiger partial charge in [0.05, 0.1) is 22.8 Å². The van der Waals surface area contributed by atoms with Gasteiger partial charge in [0, 0.05) is 42.2 Å². The van der Waals surface area contributed by atoms with Crippen LogP contribution in [0.4, 0.5) is 0 Å². The topological polar surface area (TPSA) is 111 Å². The van der Waals surface area contributed by atoms with Gasteiger partial charge in [0.1, 0.15) is 5.82 Å². The summed E-state index contributed by atoms with van der Waals surface area (Å²) in [6.07, 6.45) is 4.62. The number of rotatable bonds is 12. The summed E-state index contributed by atoms with van der Waals surface area (Å²) in [5.41, 5.74) is 3.78. The summed E-state index contributed by atoms with van der Waals surface area (Å²) in [5, 5.41) is 17.5. The van der Waals surface area contributed by atoms with E-state index in [2.05, 4.69) is 31.6 Å². The van der Waals surface area contributed by atoms with Gasteiger partial charge in [0.25, 0.3) is 5.91 Å². The van der Waals surface area contributed by atoms with Gasteiger partial charge >= 0.3 is 0 Å². The molecule has 3 N–H and O–H groups in total. The molecule has 2 aliphatic rings. The molecule has 2 aromatic carbocycles. The van der Waals surface area contributed by atoms with E-state index in [4.69, 9.17) is 0 Å². The maximum atomic E-state index is 13.9. The molecule has 10 heteroatoms. The third-order valence-electron chi connectivity index (χ3n) is 7.07. The Morgan fingerprint density at radius 2 is 1.85 bits per heavy atom. The number of aryl methyl sites for hydroxylation is 1. The van der Waals surface area contributed by atoms with Crippen molar-refractivity contribution in [3.8, 4) is 0 Å². The van der Waals surface area contributed by atoms with Gasteiger partial charge in [0.2, 0.25) is 10.0 Å². The third-order valence-corrected chi connectivity index (χ3v) is 9.48. The van der Waals surface area contributed by atoms with E-state index in [0.29, 0.717) is 23.5 Å². The Bertz CT molecular complexity index is 1510. The van der Waals surface area contributed by atoms with Crippen LogP contribution in [0, 0.1) is 12.8 Å². The van der Waals surface area contributed by atoms with Crippen LogP contribution in [-0.4, -0.2) is 61.7 Å². The average Bonchev–Trinajstić information content (AvgIpc) is 3.35. The lowest BCUT2D eigenvalue weighted by Gasteiger charge is -2.31. The second kappa shape index (κ2) is 13.3. The molecular formula is C31H37BrN4O4S. The highest BCUT2D eigenvalue weighted by molar-refractivity contribution is 9.10. The van der Waals surface area contributed by atoms with Crippen LogP contribution in [0.25, 0.3) is 0 Å². The van der Waals surface area contributed by atoms with Crippen molar-refractivity contribution < 1.29 is 18.3 Å². The van der Waals surface area contributed by atoms with Gasteiger partial charge in [-0.05, 0) is 60.7 Å². The van der Waals surface area contributed by atoms with E-state index < -0.39 is 22.2 Å². The molecule has 0 bridgehead atoms. The van der Waals surface area contributed by atoms with Crippen molar-refractivity contribution in [1.82, 2.24) is 14.9 Å². The molecule has 0 saturated carbocycles. The monoisotopic (exact) mass is 640 g/mol. The molecule has 0 fully saturated rings. The van der Waals surface area contributed by atoms with Crippen LogP contribution < -0.4 is 10.6 Å². The molecule has 1 aliphatic heterocycles. The number of benzene rings is 2. The largest absolute Gasteiger partial charge is 0.390 e. The molecule has 2 atom stereocenters. The maximum absolute atomic E-state index is 13.9. The zero-order valence-corrected chi connectivity index (χ0v) is 26.2. The number of aliphatic imine (C=N–C) groups is 1. The lowest BCUT2D eigenvalue weighted by Crippen LogP contribution is -2.51. The first-order valence-electron chi connectivity index (χ1n) is 13.6. The lowest BCUT2D eigenvalue weighted by molar-refractivity contribution is 0.0776. The van der Waals surface area contributed by atoms with Crippen molar-refractivity contribution in [2.75, 3.05) is 20.1 Å². The van der Waals surface area contributed by atoms with Gasteiger partial charge in [-0.15, -0.1) is 0 Å². The molecule has 1 amide bonds. The van der Waals surface area contributed by atoms with Gasteiger partial charge in [-0.1, -0.05) is 66.2 Å². The van der Waals surface area contributed by atoms with E-state index in [-0.39, 0.29) is 36.2 Å². The quantitative estimate of drug-likeness (QED) is 0.317. The minimum Gasteiger partial charge on any atom is -0.390 e. The highest BCUT2D eigenvalue weighted by Crippen LogP contribution is 2.29. The summed E-state index contributed by atoms with van der Waals surface area (Å²) in [7, 11) is -2.16. The van der Waals surface area contributed by atoms with Crippen molar-refractivity contribution in [3.05, 3.63) is 104 Å². The van der Waals surface area contributed by atoms with E-state index in [9.17, 15) is 18.3 Å². The molecule has 8 nitrogen and oxygen atoms in total. The Hall–Kier alpha value is -3.05. The molecule has 1 aliphatic carbocycles. The van der Waals surface area contributed by atoms with E-state index >= 15 is 0 Å². The van der Waals surface area contributed by atoms with E-state index in [1.54, 1.807) is 31.3 Å². The van der Waals surface area contributed by atoms with Crippen molar-refractivity contribution in [2.24, 2.45) is 10.9 Å². The van der Waals surface area contributed by atoms with Gasteiger partial charge in [0.15, 0.2) is 0 Å². The van der Waals surface area contributed by atoms with Crippen LogP contribution in [0.2, 0.25) is 0 Å².